The number of ether oxygens (including phenoxy) is 3. The average Bonchev–Trinajstić information content (AvgIpc) is 2.94. The minimum Gasteiger partial charge on any atom is -0.507 e. The summed E-state index contributed by atoms with van der Waals surface area (Å²) in [5.74, 6) is -2.56. The Bertz CT molecular complexity index is 1520. The van der Waals surface area contributed by atoms with Crippen molar-refractivity contribution in [3.05, 3.63) is 46.1 Å². The van der Waals surface area contributed by atoms with Crippen LogP contribution < -0.4 is 5.43 Å². The summed E-state index contributed by atoms with van der Waals surface area (Å²) in [6.07, 6.45) is -16.3. The Balaban J connectivity index is 1.59. The van der Waals surface area contributed by atoms with Gasteiger partial charge < -0.3 is 69.7 Å². The number of fused-ring (bicyclic) bond motifs is 1. The molecule has 5 rings (SSSR count). The molecule has 0 spiro atoms. The molecule has 15 heteroatoms. The van der Waals surface area contributed by atoms with Gasteiger partial charge in [0.15, 0.2) is 23.2 Å². The van der Waals surface area contributed by atoms with Crippen molar-refractivity contribution < 1.29 is 69.7 Å². The fourth-order valence-corrected chi connectivity index (χ4v) is 5.16. The molecule has 3 heterocycles. The maximum absolute atomic E-state index is 13.2. The molecule has 42 heavy (non-hydrogen) atoms. The van der Waals surface area contributed by atoms with Gasteiger partial charge in [-0.05, 0) is 25.1 Å². The largest absolute Gasteiger partial charge is 0.507 e. The second kappa shape index (κ2) is 11.3. The first kappa shape index (κ1) is 30.0. The third-order valence-electron chi connectivity index (χ3n) is 7.52. The van der Waals surface area contributed by atoms with E-state index < -0.39 is 107 Å². The molecular formula is C27H30O15. The molecule has 0 aliphatic carbocycles. The first-order valence-electron chi connectivity index (χ1n) is 12.9. The van der Waals surface area contributed by atoms with Gasteiger partial charge in [-0.15, -0.1) is 0 Å². The molecule has 0 radical (unpaired) electrons. The number of phenols is 4. The Hall–Kier alpha value is -3.51. The molecule has 10 atom stereocenters. The van der Waals surface area contributed by atoms with Crippen molar-refractivity contribution in [2.45, 2.75) is 68.1 Å². The van der Waals surface area contributed by atoms with E-state index in [-0.39, 0.29) is 16.9 Å². The maximum Gasteiger partial charge on any atom is 0.197 e. The Kier molecular flexibility index (Phi) is 8.06. The van der Waals surface area contributed by atoms with Gasteiger partial charge in [-0.1, -0.05) is 0 Å². The molecule has 0 bridgehead atoms. The van der Waals surface area contributed by atoms with Crippen LogP contribution in [0.3, 0.4) is 0 Å². The number of phenolic OH excluding ortho intramolecular Hbond substituents is 4. The van der Waals surface area contributed by atoms with Crippen molar-refractivity contribution in [2.24, 2.45) is 0 Å². The zero-order valence-corrected chi connectivity index (χ0v) is 21.9. The van der Waals surface area contributed by atoms with Gasteiger partial charge >= 0.3 is 0 Å². The van der Waals surface area contributed by atoms with E-state index in [1.807, 2.05) is 0 Å². The maximum atomic E-state index is 13.2. The zero-order chi connectivity index (χ0) is 30.6. The van der Waals surface area contributed by atoms with Gasteiger partial charge in [-0.3, -0.25) is 4.79 Å². The van der Waals surface area contributed by atoms with Crippen molar-refractivity contribution in [1.82, 2.24) is 0 Å². The van der Waals surface area contributed by atoms with Gasteiger partial charge in [0.2, 0.25) is 0 Å². The highest BCUT2D eigenvalue weighted by atomic mass is 16.7. The number of aliphatic hydroxyl groups is 6. The van der Waals surface area contributed by atoms with Gasteiger partial charge in [-0.25, -0.2) is 0 Å². The summed E-state index contributed by atoms with van der Waals surface area (Å²) in [7, 11) is 0. The highest BCUT2D eigenvalue weighted by Crippen LogP contribution is 2.46. The minimum absolute atomic E-state index is 0.0818. The lowest BCUT2D eigenvalue weighted by atomic mass is 9.89. The molecule has 2 saturated heterocycles. The molecule has 2 aliphatic rings. The summed E-state index contributed by atoms with van der Waals surface area (Å²) in [6.45, 7) is 0.568. The molecule has 3 aromatic rings. The van der Waals surface area contributed by atoms with Crippen LogP contribution in [0, 0.1) is 0 Å². The number of hydrogen-bond donors (Lipinski definition) is 10. The van der Waals surface area contributed by atoms with E-state index in [0.717, 1.165) is 24.3 Å². The smallest absolute Gasteiger partial charge is 0.197 e. The second-order valence-corrected chi connectivity index (χ2v) is 10.3. The van der Waals surface area contributed by atoms with E-state index in [0.29, 0.717) is 0 Å². The quantitative estimate of drug-likeness (QED) is 0.153. The third-order valence-corrected chi connectivity index (χ3v) is 7.52. The van der Waals surface area contributed by atoms with Crippen molar-refractivity contribution in [2.75, 3.05) is 6.61 Å². The van der Waals surface area contributed by atoms with Crippen molar-refractivity contribution in [1.29, 1.82) is 0 Å². The summed E-state index contributed by atoms with van der Waals surface area (Å²) in [4.78, 5) is 13.2. The Labute approximate surface area is 236 Å². The second-order valence-electron chi connectivity index (χ2n) is 10.3. The molecule has 10 N–H and O–H groups in total. The lowest BCUT2D eigenvalue weighted by Gasteiger charge is -2.46. The Morgan fingerprint density at radius 2 is 1.52 bits per heavy atom. The molecule has 1 unspecified atom stereocenters. The van der Waals surface area contributed by atoms with E-state index >= 15 is 0 Å². The van der Waals surface area contributed by atoms with Crippen LogP contribution in [0.25, 0.3) is 22.3 Å². The predicted octanol–water partition coefficient (Wildman–Crippen LogP) is -1.35. The van der Waals surface area contributed by atoms with E-state index in [4.69, 9.17) is 18.6 Å². The molecule has 2 fully saturated rings. The summed E-state index contributed by atoms with van der Waals surface area (Å²) < 4.78 is 22.5. The Morgan fingerprint density at radius 1 is 0.810 bits per heavy atom. The molecule has 0 amide bonds. The SMILES string of the molecule is C[C@@H]1OC(O[C@@H]2[C@@H](O)[C@H](O)[C@@H](CO)O[C@H]2c2c(O)cc3oc(-c4ccc(O)c(O)c4)cc(=O)c3c2O)[C@H](O)[C@H](O)[C@H]1O. The van der Waals surface area contributed by atoms with Crippen LogP contribution >= 0.6 is 0 Å². The number of aromatic hydroxyl groups is 4. The molecule has 15 nitrogen and oxygen atoms in total. The molecule has 228 valence electrons. The number of aliphatic hydroxyl groups excluding tert-OH is 6. The third kappa shape index (κ3) is 5.04. The number of hydrogen-bond acceptors (Lipinski definition) is 15. The average molecular weight is 595 g/mol. The fraction of sp³-hybridized carbons (Fsp3) is 0.444. The monoisotopic (exact) mass is 594 g/mol. The van der Waals surface area contributed by atoms with Crippen LogP contribution in [-0.4, -0.2) is 113 Å². The van der Waals surface area contributed by atoms with Crippen LogP contribution in [0.5, 0.6) is 23.0 Å². The van der Waals surface area contributed by atoms with Crippen LogP contribution in [0.2, 0.25) is 0 Å². The standard InChI is InChI=1S/C27H30O15/c1-8-19(33)22(36)24(38)27(39-8)42-26-23(37)20(34)16(7-28)41-25(26)18-13(32)6-15-17(21(18)35)12(31)5-14(40-15)9-2-3-10(29)11(30)4-9/h2-6,8,16,19-20,22-30,32-38H,7H2,1H3/t8-,16+,19-,20+,22+,23-,24+,25-,26+,27?/m0/s1. The fourth-order valence-electron chi connectivity index (χ4n) is 5.16. The van der Waals surface area contributed by atoms with Gasteiger partial charge in [0.05, 0.1) is 18.3 Å². The van der Waals surface area contributed by atoms with Crippen molar-refractivity contribution in [3.8, 4) is 34.3 Å². The van der Waals surface area contributed by atoms with E-state index in [1.165, 1.54) is 13.0 Å². The topological polar surface area (TPSA) is 260 Å². The summed E-state index contributed by atoms with van der Waals surface area (Å²) >= 11 is 0. The van der Waals surface area contributed by atoms with Gasteiger partial charge in [0.1, 0.15) is 77.1 Å². The summed E-state index contributed by atoms with van der Waals surface area (Å²) in [5, 5.41) is 103. The number of rotatable bonds is 5. The van der Waals surface area contributed by atoms with Gasteiger partial charge in [0.25, 0.3) is 0 Å². The predicted molar refractivity (Wildman–Crippen MR) is 139 cm³/mol. The van der Waals surface area contributed by atoms with Gasteiger partial charge in [0, 0.05) is 17.7 Å². The van der Waals surface area contributed by atoms with E-state index in [2.05, 4.69) is 0 Å². The van der Waals surface area contributed by atoms with Crippen LogP contribution in [0.4, 0.5) is 0 Å². The lowest BCUT2D eigenvalue weighted by Crippen LogP contribution is -2.61. The van der Waals surface area contributed by atoms with E-state index in [9.17, 15) is 55.9 Å². The van der Waals surface area contributed by atoms with Crippen molar-refractivity contribution in [3.63, 3.8) is 0 Å². The molecule has 0 saturated carbocycles. The highest BCUT2D eigenvalue weighted by molar-refractivity contribution is 5.88. The van der Waals surface area contributed by atoms with Crippen molar-refractivity contribution >= 4 is 11.0 Å². The van der Waals surface area contributed by atoms with E-state index in [1.54, 1.807) is 0 Å². The Morgan fingerprint density at radius 3 is 2.19 bits per heavy atom. The minimum atomic E-state index is -1.88. The molecule has 1 aromatic heterocycles. The lowest BCUT2D eigenvalue weighted by molar-refractivity contribution is -0.338. The molecular weight excluding hydrogens is 564 g/mol. The molecule has 2 aliphatic heterocycles. The summed E-state index contributed by atoms with van der Waals surface area (Å²) in [6, 6.07) is 5.60. The first-order chi connectivity index (χ1) is 19.8. The van der Waals surface area contributed by atoms with Crippen LogP contribution in [-0.2, 0) is 14.2 Å². The first-order valence-corrected chi connectivity index (χ1v) is 12.9. The molecule has 2 aromatic carbocycles. The normalized spacial score (nSPS) is 33.6. The number of benzene rings is 2. The van der Waals surface area contributed by atoms with Crippen LogP contribution in [0.1, 0.15) is 18.6 Å². The highest BCUT2D eigenvalue weighted by Gasteiger charge is 2.51. The van der Waals surface area contributed by atoms with Gasteiger partial charge in [-0.2, -0.15) is 0 Å². The summed E-state index contributed by atoms with van der Waals surface area (Å²) in [5.41, 5.74) is -1.42. The van der Waals surface area contributed by atoms with Crippen LogP contribution in [0.15, 0.2) is 39.5 Å². The zero-order valence-electron chi connectivity index (χ0n) is 21.9.